The first-order chi connectivity index (χ1) is 11.1. The van der Waals surface area contributed by atoms with Gasteiger partial charge in [0.25, 0.3) is 0 Å². The van der Waals surface area contributed by atoms with E-state index >= 15 is 0 Å². The lowest BCUT2D eigenvalue weighted by Gasteiger charge is -2.09. The third kappa shape index (κ3) is 5.54. The lowest BCUT2D eigenvalue weighted by atomic mass is 10.1. The monoisotopic (exact) mass is 313 g/mol. The summed E-state index contributed by atoms with van der Waals surface area (Å²) in [6.45, 7) is 5.02. The average molecular weight is 313 g/mol. The molecule has 0 aliphatic carbocycles. The van der Waals surface area contributed by atoms with Gasteiger partial charge >= 0.3 is 0 Å². The van der Waals surface area contributed by atoms with Gasteiger partial charge in [-0.1, -0.05) is 12.1 Å². The molecule has 2 rings (SSSR count). The molecule has 0 amide bonds. The number of nitrogens with two attached hydrogens (primary N) is 1. The standard InChI is InChI=1S/C18H23N3O2/c1-13-9-14(2)11-15(10-13)21-18(19)20-7-8-23-17-6-4-5-16(12-17)22-3/h4-6,9-12H,7-8H2,1-3H3,(H3,19,20,21). The first kappa shape index (κ1) is 16.7. The van der Waals surface area contributed by atoms with Gasteiger partial charge < -0.3 is 20.5 Å². The predicted octanol–water partition coefficient (Wildman–Crippen LogP) is 3.12. The molecule has 0 aromatic heterocycles. The second kappa shape index (κ2) is 8.08. The smallest absolute Gasteiger partial charge is 0.193 e. The van der Waals surface area contributed by atoms with Gasteiger partial charge in [0.15, 0.2) is 5.96 Å². The summed E-state index contributed by atoms with van der Waals surface area (Å²) in [7, 11) is 1.63. The van der Waals surface area contributed by atoms with E-state index in [0.717, 1.165) is 17.2 Å². The van der Waals surface area contributed by atoms with Crippen LogP contribution in [0.5, 0.6) is 11.5 Å². The maximum absolute atomic E-state index is 5.89. The number of nitrogens with one attached hydrogen (secondary N) is 1. The van der Waals surface area contributed by atoms with Gasteiger partial charge in [-0.2, -0.15) is 0 Å². The third-order valence-electron chi connectivity index (χ3n) is 3.18. The van der Waals surface area contributed by atoms with Crippen molar-refractivity contribution < 1.29 is 9.47 Å². The van der Waals surface area contributed by atoms with Gasteiger partial charge in [-0.25, -0.2) is 4.99 Å². The van der Waals surface area contributed by atoms with Crippen LogP contribution in [0.15, 0.2) is 47.5 Å². The summed E-state index contributed by atoms with van der Waals surface area (Å²) >= 11 is 0. The molecule has 5 nitrogen and oxygen atoms in total. The summed E-state index contributed by atoms with van der Waals surface area (Å²) in [5.41, 5.74) is 9.20. The minimum atomic E-state index is 0.379. The molecular weight excluding hydrogens is 290 g/mol. The number of rotatable bonds is 6. The van der Waals surface area contributed by atoms with Crippen LogP contribution in [0.2, 0.25) is 0 Å². The number of guanidine groups is 1. The molecule has 0 heterocycles. The first-order valence-corrected chi connectivity index (χ1v) is 7.49. The molecule has 0 atom stereocenters. The van der Waals surface area contributed by atoms with E-state index in [1.165, 1.54) is 11.1 Å². The van der Waals surface area contributed by atoms with Crippen molar-refractivity contribution in [1.29, 1.82) is 0 Å². The van der Waals surface area contributed by atoms with Crippen molar-refractivity contribution in [3.8, 4) is 11.5 Å². The highest BCUT2D eigenvalue weighted by Gasteiger charge is 1.99. The van der Waals surface area contributed by atoms with E-state index in [2.05, 4.69) is 16.4 Å². The third-order valence-corrected chi connectivity index (χ3v) is 3.18. The molecule has 0 aliphatic heterocycles. The van der Waals surface area contributed by atoms with Crippen molar-refractivity contribution >= 4 is 11.6 Å². The van der Waals surface area contributed by atoms with Crippen molar-refractivity contribution in [3.05, 3.63) is 53.6 Å². The van der Waals surface area contributed by atoms with Crippen molar-refractivity contribution in [3.63, 3.8) is 0 Å². The Morgan fingerprint density at radius 2 is 1.78 bits per heavy atom. The molecule has 122 valence electrons. The van der Waals surface area contributed by atoms with Crippen molar-refractivity contribution in [1.82, 2.24) is 0 Å². The zero-order valence-corrected chi connectivity index (χ0v) is 13.8. The molecule has 2 aromatic rings. The summed E-state index contributed by atoms with van der Waals surface area (Å²) in [5, 5.41) is 3.09. The minimum Gasteiger partial charge on any atom is -0.497 e. The van der Waals surface area contributed by atoms with Crippen LogP contribution in [0.25, 0.3) is 0 Å². The van der Waals surface area contributed by atoms with Gasteiger partial charge in [0.05, 0.1) is 13.7 Å². The molecule has 3 N–H and O–H groups in total. The van der Waals surface area contributed by atoms with Crippen LogP contribution in [-0.2, 0) is 0 Å². The molecular formula is C18H23N3O2. The Labute approximate surface area is 137 Å². The zero-order valence-electron chi connectivity index (χ0n) is 13.8. The maximum Gasteiger partial charge on any atom is 0.193 e. The van der Waals surface area contributed by atoms with E-state index in [1.54, 1.807) is 7.11 Å². The van der Waals surface area contributed by atoms with E-state index in [1.807, 2.05) is 50.2 Å². The van der Waals surface area contributed by atoms with Gasteiger partial charge in [-0.05, 0) is 49.2 Å². The molecule has 0 radical (unpaired) electrons. The number of aryl methyl sites for hydroxylation is 2. The maximum atomic E-state index is 5.89. The molecule has 23 heavy (non-hydrogen) atoms. The number of nitrogens with zero attached hydrogens (tertiary/aromatic N) is 1. The molecule has 0 aliphatic rings. The van der Waals surface area contributed by atoms with E-state index in [9.17, 15) is 0 Å². The van der Waals surface area contributed by atoms with Crippen LogP contribution in [0.4, 0.5) is 5.69 Å². The van der Waals surface area contributed by atoms with Crippen molar-refractivity contribution in [2.75, 3.05) is 25.6 Å². The lowest BCUT2D eigenvalue weighted by Crippen LogP contribution is -2.23. The highest BCUT2D eigenvalue weighted by Crippen LogP contribution is 2.18. The van der Waals surface area contributed by atoms with Gasteiger partial charge in [-0.3, -0.25) is 0 Å². The Morgan fingerprint density at radius 1 is 1.09 bits per heavy atom. The molecule has 0 unspecified atom stereocenters. The van der Waals surface area contributed by atoms with Gasteiger partial charge in [-0.15, -0.1) is 0 Å². The van der Waals surface area contributed by atoms with Crippen LogP contribution in [0.3, 0.4) is 0 Å². The molecule has 0 fully saturated rings. The minimum absolute atomic E-state index is 0.379. The van der Waals surface area contributed by atoms with Gasteiger partial charge in [0.2, 0.25) is 0 Å². The number of hydrogen-bond donors (Lipinski definition) is 2. The molecule has 0 bridgehead atoms. The summed E-state index contributed by atoms with van der Waals surface area (Å²) in [6.07, 6.45) is 0. The number of benzene rings is 2. The molecule has 0 saturated heterocycles. The zero-order chi connectivity index (χ0) is 16.7. The van der Waals surface area contributed by atoms with Crippen LogP contribution < -0.4 is 20.5 Å². The average Bonchev–Trinajstić information content (AvgIpc) is 2.51. The normalized spacial score (nSPS) is 11.2. The summed E-state index contributed by atoms with van der Waals surface area (Å²) in [5.74, 6) is 1.90. The van der Waals surface area contributed by atoms with Crippen LogP contribution in [0, 0.1) is 13.8 Å². The number of methoxy groups -OCH3 is 1. The number of hydrogen-bond acceptors (Lipinski definition) is 3. The Balaban J connectivity index is 1.82. The van der Waals surface area contributed by atoms with Crippen LogP contribution in [0.1, 0.15) is 11.1 Å². The van der Waals surface area contributed by atoms with Crippen molar-refractivity contribution in [2.24, 2.45) is 10.7 Å². The topological polar surface area (TPSA) is 68.9 Å². The number of anilines is 1. The van der Waals surface area contributed by atoms with E-state index in [-0.39, 0.29) is 0 Å². The largest absolute Gasteiger partial charge is 0.497 e. The van der Waals surface area contributed by atoms with Crippen LogP contribution in [-0.4, -0.2) is 26.2 Å². The van der Waals surface area contributed by atoms with Crippen molar-refractivity contribution in [2.45, 2.75) is 13.8 Å². The molecule has 0 spiro atoms. The quantitative estimate of drug-likeness (QED) is 0.488. The Hall–Kier alpha value is -2.69. The Morgan fingerprint density at radius 3 is 2.48 bits per heavy atom. The number of aliphatic imine (C=N–C) groups is 1. The first-order valence-electron chi connectivity index (χ1n) is 7.49. The second-order valence-corrected chi connectivity index (χ2v) is 5.30. The van der Waals surface area contributed by atoms with Crippen LogP contribution >= 0.6 is 0 Å². The highest BCUT2D eigenvalue weighted by molar-refractivity contribution is 5.92. The fourth-order valence-electron chi connectivity index (χ4n) is 2.25. The van der Waals surface area contributed by atoms with E-state index < -0.39 is 0 Å². The summed E-state index contributed by atoms with van der Waals surface area (Å²) in [6, 6.07) is 13.6. The Bertz CT molecular complexity index is 663. The Kier molecular flexibility index (Phi) is 5.86. The fourth-order valence-corrected chi connectivity index (χ4v) is 2.25. The van der Waals surface area contributed by atoms with E-state index in [4.69, 9.17) is 15.2 Å². The van der Waals surface area contributed by atoms with Gasteiger partial charge in [0, 0.05) is 11.8 Å². The highest BCUT2D eigenvalue weighted by atomic mass is 16.5. The predicted molar refractivity (Wildman–Crippen MR) is 94.5 cm³/mol. The molecule has 0 saturated carbocycles. The van der Waals surface area contributed by atoms with E-state index in [0.29, 0.717) is 19.1 Å². The lowest BCUT2D eigenvalue weighted by molar-refractivity contribution is 0.325. The molecule has 5 heteroatoms. The summed E-state index contributed by atoms with van der Waals surface area (Å²) in [4.78, 5) is 4.26. The second-order valence-electron chi connectivity index (χ2n) is 5.30. The van der Waals surface area contributed by atoms with Gasteiger partial charge in [0.1, 0.15) is 18.1 Å². The fraction of sp³-hybridized carbons (Fsp3) is 0.278. The number of ether oxygens (including phenoxy) is 2. The molecule has 2 aromatic carbocycles. The summed E-state index contributed by atoms with van der Waals surface area (Å²) < 4.78 is 10.8. The SMILES string of the molecule is COc1cccc(OCCN=C(N)Nc2cc(C)cc(C)c2)c1.